The second-order valence-electron chi connectivity index (χ2n) is 3.27. The van der Waals surface area contributed by atoms with Crippen molar-refractivity contribution in [2.24, 2.45) is 7.05 Å². The van der Waals surface area contributed by atoms with Crippen LogP contribution in [0.1, 0.15) is 16.6 Å². The first-order chi connectivity index (χ1) is 7.22. The monoisotopic (exact) mass is 241 g/mol. The second-order valence-corrected chi connectivity index (χ2v) is 4.62. The van der Waals surface area contributed by atoms with E-state index in [1.54, 1.807) is 16.0 Å². The first-order valence-corrected chi connectivity index (χ1v) is 5.88. The van der Waals surface area contributed by atoms with Crippen molar-refractivity contribution in [3.63, 3.8) is 0 Å². The Balaban J connectivity index is 2.36. The Labute approximate surface area is 97.7 Å². The molecular weight excluding hydrogens is 230 g/mol. The Hall–Kier alpha value is -0.840. The Bertz CT molecular complexity index is 449. The van der Waals surface area contributed by atoms with Crippen LogP contribution < -0.4 is 5.32 Å². The zero-order valence-corrected chi connectivity index (χ0v) is 10.1. The number of nitrogens with one attached hydrogen (secondary N) is 1. The number of aromatic nitrogens is 2. The van der Waals surface area contributed by atoms with Crippen molar-refractivity contribution < 1.29 is 0 Å². The molecule has 0 radical (unpaired) electrons. The van der Waals surface area contributed by atoms with E-state index in [9.17, 15) is 0 Å². The lowest BCUT2D eigenvalue weighted by Crippen LogP contribution is -2.17. The predicted octanol–water partition coefficient (Wildman–Crippen LogP) is 2.44. The molecule has 0 bridgehead atoms. The minimum absolute atomic E-state index is 0.0821. The molecule has 80 valence electrons. The molecular formula is C10H12ClN3S. The third-order valence-corrected chi connectivity index (χ3v) is 3.65. The van der Waals surface area contributed by atoms with Crippen LogP contribution in [0.2, 0.25) is 5.02 Å². The smallest absolute Gasteiger partial charge is 0.0876 e. The van der Waals surface area contributed by atoms with Crippen LogP contribution in [0.4, 0.5) is 0 Å². The lowest BCUT2D eigenvalue weighted by molar-refractivity contribution is 0.650. The summed E-state index contributed by atoms with van der Waals surface area (Å²) >= 11 is 7.75. The quantitative estimate of drug-likeness (QED) is 0.895. The maximum Gasteiger partial charge on any atom is 0.0876 e. The maximum atomic E-state index is 6.11. The molecule has 0 saturated carbocycles. The van der Waals surface area contributed by atoms with Crippen molar-refractivity contribution in [2.75, 3.05) is 7.05 Å². The van der Waals surface area contributed by atoms with Gasteiger partial charge < -0.3 is 5.32 Å². The molecule has 2 heterocycles. The molecule has 0 aliphatic rings. The summed E-state index contributed by atoms with van der Waals surface area (Å²) in [5, 5.41) is 10.4. The molecule has 2 aromatic heterocycles. The zero-order chi connectivity index (χ0) is 10.8. The zero-order valence-electron chi connectivity index (χ0n) is 8.57. The Morgan fingerprint density at radius 3 is 2.80 bits per heavy atom. The molecule has 15 heavy (non-hydrogen) atoms. The molecule has 1 atom stereocenters. The number of nitrogens with zero attached hydrogens (tertiary/aromatic N) is 2. The van der Waals surface area contributed by atoms with E-state index in [-0.39, 0.29) is 6.04 Å². The fraction of sp³-hybridized carbons (Fsp3) is 0.300. The van der Waals surface area contributed by atoms with Gasteiger partial charge in [0.15, 0.2) is 0 Å². The molecule has 2 aromatic rings. The molecule has 1 unspecified atom stereocenters. The van der Waals surface area contributed by atoms with Crippen molar-refractivity contribution in [3.8, 4) is 0 Å². The summed E-state index contributed by atoms with van der Waals surface area (Å²) in [5.41, 5.74) is 0.990. The average Bonchev–Trinajstić information content (AvgIpc) is 2.79. The fourth-order valence-electron chi connectivity index (χ4n) is 1.51. The van der Waals surface area contributed by atoms with Crippen molar-refractivity contribution in [1.29, 1.82) is 0 Å². The highest BCUT2D eigenvalue weighted by molar-refractivity contribution is 7.10. The van der Waals surface area contributed by atoms with Gasteiger partial charge in [-0.2, -0.15) is 5.10 Å². The maximum absolute atomic E-state index is 6.11. The number of hydrogen-bond donors (Lipinski definition) is 1. The summed E-state index contributed by atoms with van der Waals surface area (Å²) in [4.78, 5) is 1.11. The van der Waals surface area contributed by atoms with Gasteiger partial charge in [0.1, 0.15) is 0 Å². The Kier molecular flexibility index (Phi) is 3.09. The van der Waals surface area contributed by atoms with Crippen molar-refractivity contribution in [3.05, 3.63) is 39.3 Å². The Morgan fingerprint density at radius 2 is 2.33 bits per heavy atom. The van der Waals surface area contributed by atoms with E-state index >= 15 is 0 Å². The van der Waals surface area contributed by atoms with E-state index in [4.69, 9.17) is 11.6 Å². The summed E-state index contributed by atoms with van der Waals surface area (Å²) in [6, 6.07) is 3.99. The lowest BCUT2D eigenvalue weighted by atomic mass is 10.2. The predicted molar refractivity (Wildman–Crippen MR) is 63.4 cm³/mol. The van der Waals surface area contributed by atoms with Gasteiger partial charge in [-0.1, -0.05) is 11.6 Å². The number of rotatable bonds is 3. The molecule has 2 rings (SSSR count). The van der Waals surface area contributed by atoms with Crippen molar-refractivity contribution in [2.45, 2.75) is 6.04 Å². The molecule has 1 N–H and O–H groups in total. The molecule has 0 fully saturated rings. The van der Waals surface area contributed by atoms with Gasteiger partial charge in [-0.3, -0.25) is 4.68 Å². The number of thiophene rings is 1. The van der Waals surface area contributed by atoms with Gasteiger partial charge in [0.25, 0.3) is 0 Å². The largest absolute Gasteiger partial charge is 0.307 e. The van der Waals surface area contributed by atoms with Crippen LogP contribution in [0.15, 0.2) is 23.7 Å². The van der Waals surface area contributed by atoms with Crippen LogP contribution in [0.5, 0.6) is 0 Å². The van der Waals surface area contributed by atoms with Gasteiger partial charge in [0, 0.05) is 18.1 Å². The molecule has 0 amide bonds. The van der Waals surface area contributed by atoms with E-state index in [0.717, 1.165) is 15.6 Å². The first-order valence-electron chi connectivity index (χ1n) is 4.62. The fourth-order valence-corrected chi connectivity index (χ4v) is 2.80. The summed E-state index contributed by atoms with van der Waals surface area (Å²) in [7, 11) is 3.82. The molecule has 3 nitrogen and oxygen atoms in total. The summed E-state index contributed by atoms with van der Waals surface area (Å²) in [6.45, 7) is 0. The lowest BCUT2D eigenvalue weighted by Gasteiger charge is -2.12. The molecule has 0 aliphatic carbocycles. The Morgan fingerprint density at radius 1 is 1.53 bits per heavy atom. The normalized spacial score (nSPS) is 13.0. The van der Waals surface area contributed by atoms with Gasteiger partial charge in [-0.05, 0) is 24.6 Å². The van der Waals surface area contributed by atoms with Gasteiger partial charge in [0.2, 0.25) is 0 Å². The van der Waals surface area contributed by atoms with Crippen LogP contribution in [-0.2, 0) is 7.05 Å². The third-order valence-electron chi connectivity index (χ3n) is 2.23. The van der Waals surface area contributed by atoms with Gasteiger partial charge >= 0.3 is 0 Å². The van der Waals surface area contributed by atoms with Crippen LogP contribution in [0.3, 0.4) is 0 Å². The number of aryl methyl sites for hydroxylation is 1. The minimum Gasteiger partial charge on any atom is -0.307 e. The molecule has 0 aliphatic heterocycles. The van der Waals surface area contributed by atoms with E-state index < -0.39 is 0 Å². The highest BCUT2D eigenvalue weighted by Gasteiger charge is 2.18. The number of halogens is 1. The number of hydrogen-bond acceptors (Lipinski definition) is 3. The molecule has 5 heteroatoms. The highest BCUT2D eigenvalue weighted by atomic mass is 35.5. The standard InChI is InChI=1S/C10H12ClN3S/c1-12-9(8-3-5-14(2)13-8)10-7(11)4-6-15-10/h3-6,9,12H,1-2H3. The van der Waals surface area contributed by atoms with Crippen LogP contribution >= 0.6 is 22.9 Å². The van der Waals surface area contributed by atoms with Crippen molar-refractivity contribution >= 4 is 22.9 Å². The highest BCUT2D eigenvalue weighted by Crippen LogP contribution is 2.31. The van der Waals surface area contributed by atoms with E-state index in [0.29, 0.717) is 0 Å². The third kappa shape index (κ3) is 2.07. The topological polar surface area (TPSA) is 29.9 Å². The SMILES string of the molecule is CNC(c1ccn(C)n1)c1sccc1Cl. The summed E-state index contributed by atoms with van der Waals surface area (Å²) in [6.07, 6.45) is 1.93. The second kappa shape index (κ2) is 4.35. The van der Waals surface area contributed by atoms with Gasteiger partial charge in [-0.25, -0.2) is 0 Å². The first kappa shape index (κ1) is 10.7. The summed E-state index contributed by atoms with van der Waals surface area (Å²) in [5.74, 6) is 0. The average molecular weight is 242 g/mol. The van der Waals surface area contributed by atoms with Crippen LogP contribution in [-0.4, -0.2) is 16.8 Å². The molecule has 0 spiro atoms. The van der Waals surface area contributed by atoms with Gasteiger partial charge in [-0.15, -0.1) is 11.3 Å². The summed E-state index contributed by atoms with van der Waals surface area (Å²) < 4.78 is 1.79. The molecule has 0 aromatic carbocycles. The molecule has 0 saturated heterocycles. The minimum atomic E-state index is 0.0821. The van der Waals surface area contributed by atoms with Crippen LogP contribution in [0, 0.1) is 0 Å². The van der Waals surface area contributed by atoms with Gasteiger partial charge in [0.05, 0.1) is 16.8 Å². The van der Waals surface area contributed by atoms with E-state index in [1.807, 2.05) is 37.8 Å². The van der Waals surface area contributed by atoms with Crippen molar-refractivity contribution in [1.82, 2.24) is 15.1 Å². The van der Waals surface area contributed by atoms with Crippen LogP contribution in [0.25, 0.3) is 0 Å². The van der Waals surface area contributed by atoms with E-state index in [2.05, 4.69) is 10.4 Å². The van der Waals surface area contributed by atoms with E-state index in [1.165, 1.54) is 0 Å².